The van der Waals surface area contributed by atoms with Crippen LogP contribution in [-0.4, -0.2) is 18.6 Å². The SMILES string of the molecule is NC1CCCC(C(=O)Nc2ccccc2OC(F)F)C1. The van der Waals surface area contributed by atoms with Gasteiger partial charge in [0, 0.05) is 12.0 Å². The van der Waals surface area contributed by atoms with Crippen molar-refractivity contribution in [2.45, 2.75) is 38.3 Å². The summed E-state index contributed by atoms with van der Waals surface area (Å²) in [7, 11) is 0. The Balaban J connectivity index is 2.03. The van der Waals surface area contributed by atoms with Gasteiger partial charge in [-0.25, -0.2) is 0 Å². The number of carbonyl (C=O) groups excluding carboxylic acids is 1. The fourth-order valence-corrected chi connectivity index (χ4v) is 2.47. The number of benzene rings is 1. The zero-order valence-electron chi connectivity index (χ0n) is 11.0. The summed E-state index contributed by atoms with van der Waals surface area (Å²) in [6.07, 6.45) is 3.24. The molecule has 0 radical (unpaired) electrons. The van der Waals surface area contributed by atoms with Crippen LogP contribution in [0.4, 0.5) is 14.5 Å². The molecule has 0 aromatic heterocycles. The lowest BCUT2D eigenvalue weighted by Gasteiger charge is -2.25. The van der Waals surface area contributed by atoms with Gasteiger partial charge in [0.05, 0.1) is 5.69 Å². The second-order valence-electron chi connectivity index (χ2n) is 4.99. The molecular formula is C14H18F2N2O2. The summed E-state index contributed by atoms with van der Waals surface area (Å²) in [5, 5.41) is 2.65. The molecule has 20 heavy (non-hydrogen) atoms. The van der Waals surface area contributed by atoms with Crippen molar-refractivity contribution in [3.8, 4) is 5.75 Å². The quantitative estimate of drug-likeness (QED) is 0.893. The van der Waals surface area contributed by atoms with Gasteiger partial charge in [0.1, 0.15) is 5.75 Å². The van der Waals surface area contributed by atoms with Gasteiger partial charge in [0.15, 0.2) is 0 Å². The van der Waals surface area contributed by atoms with Crippen molar-refractivity contribution in [3.63, 3.8) is 0 Å². The largest absolute Gasteiger partial charge is 0.433 e. The summed E-state index contributed by atoms with van der Waals surface area (Å²) in [6, 6.07) is 6.20. The minimum atomic E-state index is -2.92. The Morgan fingerprint density at radius 1 is 1.35 bits per heavy atom. The van der Waals surface area contributed by atoms with Gasteiger partial charge in [-0.1, -0.05) is 18.6 Å². The average Bonchev–Trinajstić information content (AvgIpc) is 2.40. The first-order chi connectivity index (χ1) is 9.56. The highest BCUT2D eigenvalue weighted by atomic mass is 19.3. The lowest BCUT2D eigenvalue weighted by Crippen LogP contribution is -2.34. The Kier molecular flexibility index (Phi) is 4.89. The fraction of sp³-hybridized carbons (Fsp3) is 0.500. The Morgan fingerprint density at radius 2 is 2.10 bits per heavy atom. The first-order valence-corrected chi connectivity index (χ1v) is 6.66. The highest BCUT2D eigenvalue weighted by molar-refractivity contribution is 5.94. The van der Waals surface area contributed by atoms with E-state index in [1.807, 2.05) is 0 Å². The molecule has 2 atom stereocenters. The molecule has 1 fully saturated rings. The van der Waals surface area contributed by atoms with Gasteiger partial charge in [-0.3, -0.25) is 4.79 Å². The molecule has 1 aromatic carbocycles. The maximum absolute atomic E-state index is 12.3. The number of nitrogens with one attached hydrogen (secondary N) is 1. The zero-order chi connectivity index (χ0) is 14.5. The van der Waals surface area contributed by atoms with Crippen LogP contribution in [0.1, 0.15) is 25.7 Å². The minimum Gasteiger partial charge on any atom is -0.433 e. The molecule has 1 aliphatic rings. The van der Waals surface area contributed by atoms with Crippen LogP contribution < -0.4 is 15.8 Å². The molecule has 110 valence electrons. The third-order valence-electron chi connectivity index (χ3n) is 3.45. The molecule has 0 heterocycles. The summed E-state index contributed by atoms with van der Waals surface area (Å²) in [5.74, 6) is -0.389. The van der Waals surface area contributed by atoms with E-state index in [2.05, 4.69) is 10.1 Å². The predicted molar refractivity (Wildman–Crippen MR) is 71.6 cm³/mol. The van der Waals surface area contributed by atoms with E-state index in [4.69, 9.17) is 5.73 Å². The number of alkyl halides is 2. The van der Waals surface area contributed by atoms with Gasteiger partial charge < -0.3 is 15.8 Å². The molecule has 2 rings (SSSR count). The Morgan fingerprint density at radius 3 is 2.80 bits per heavy atom. The van der Waals surface area contributed by atoms with Gasteiger partial charge in [0.2, 0.25) is 5.91 Å². The highest BCUT2D eigenvalue weighted by Crippen LogP contribution is 2.28. The number of rotatable bonds is 4. The van der Waals surface area contributed by atoms with Crippen LogP contribution in [0.3, 0.4) is 0 Å². The van der Waals surface area contributed by atoms with E-state index in [1.165, 1.54) is 6.07 Å². The molecule has 1 amide bonds. The molecule has 0 bridgehead atoms. The van der Waals surface area contributed by atoms with Crippen LogP contribution in [0.5, 0.6) is 5.75 Å². The monoisotopic (exact) mass is 284 g/mol. The number of hydrogen-bond acceptors (Lipinski definition) is 3. The molecule has 1 aromatic rings. The van der Waals surface area contributed by atoms with Gasteiger partial charge in [0.25, 0.3) is 0 Å². The third kappa shape index (κ3) is 3.90. The molecule has 1 saturated carbocycles. The smallest absolute Gasteiger partial charge is 0.387 e. The van der Waals surface area contributed by atoms with E-state index >= 15 is 0 Å². The number of halogens is 2. The van der Waals surface area contributed by atoms with Gasteiger partial charge >= 0.3 is 6.61 Å². The topological polar surface area (TPSA) is 64.4 Å². The molecule has 3 N–H and O–H groups in total. The van der Waals surface area contributed by atoms with Crippen LogP contribution in [0.25, 0.3) is 0 Å². The Bertz CT molecular complexity index is 468. The van der Waals surface area contributed by atoms with E-state index < -0.39 is 6.61 Å². The number of anilines is 1. The van der Waals surface area contributed by atoms with E-state index in [1.54, 1.807) is 18.2 Å². The van der Waals surface area contributed by atoms with Crippen LogP contribution in [0.15, 0.2) is 24.3 Å². The fourth-order valence-electron chi connectivity index (χ4n) is 2.47. The van der Waals surface area contributed by atoms with Crippen molar-refractivity contribution in [2.75, 3.05) is 5.32 Å². The molecule has 2 unspecified atom stereocenters. The minimum absolute atomic E-state index is 0.0315. The van der Waals surface area contributed by atoms with Crippen LogP contribution in [0.2, 0.25) is 0 Å². The molecule has 0 aliphatic heterocycles. The van der Waals surface area contributed by atoms with Crippen molar-refractivity contribution in [1.29, 1.82) is 0 Å². The van der Waals surface area contributed by atoms with E-state index in [-0.39, 0.29) is 29.3 Å². The molecule has 1 aliphatic carbocycles. The standard InChI is InChI=1S/C14H18F2N2O2/c15-14(16)20-12-7-2-1-6-11(12)18-13(19)9-4-3-5-10(17)8-9/h1-2,6-7,9-10,14H,3-5,8,17H2,(H,18,19). The third-order valence-corrected chi connectivity index (χ3v) is 3.45. The van der Waals surface area contributed by atoms with E-state index in [9.17, 15) is 13.6 Å². The van der Waals surface area contributed by atoms with Crippen molar-refractivity contribution in [1.82, 2.24) is 0 Å². The number of carbonyl (C=O) groups is 1. The molecule has 0 spiro atoms. The second-order valence-corrected chi connectivity index (χ2v) is 4.99. The van der Waals surface area contributed by atoms with Gasteiger partial charge in [-0.05, 0) is 31.4 Å². The van der Waals surface area contributed by atoms with Crippen molar-refractivity contribution in [3.05, 3.63) is 24.3 Å². The van der Waals surface area contributed by atoms with Crippen LogP contribution in [-0.2, 0) is 4.79 Å². The summed E-state index contributed by atoms with van der Waals surface area (Å²) in [5.41, 5.74) is 6.11. The van der Waals surface area contributed by atoms with Gasteiger partial charge in [-0.2, -0.15) is 8.78 Å². The molecule has 0 saturated heterocycles. The average molecular weight is 284 g/mol. The zero-order valence-corrected chi connectivity index (χ0v) is 11.0. The van der Waals surface area contributed by atoms with Crippen LogP contribution in [0, 0.1) is 5.92 Å². The molecule has 6 heteroatoms. The highest BCUT2D eigenvalue weighted by Gasteiger charge is 2.26. The Hall–Kier alpha value is -1.69. The first kappa shape index (κ1) is 14.7. The predicted octanol–water partition coefficient (Wildman–Crippen LogP) is 2.74. The van der Waals surface area contributed by atoms with Crippen molar-refractivity contribution in [2.24, 2.45) is 11.7 Å². The maximum atomic E-state index is 12.3. The van der Waals surface area contributed by atoms with E-state index in [0.717, 1.165) is 19.3 Å². The van der Waals surface area contributed by atoms with Crippen molar-refractivity contribution >= 4 is 11.6 Å². The van der Waals surface area contributed by atoms with E-state index in [0.29, 0.717) is 6.42 Å². The van der Waals surface area contributed by atoms with Crippen molar-refractivity contribution < 1.29 is 18.3 Å². The van der Waals surface area contributed by atoms with Crippen LogP contribution >= 0.6 is 0 Å². The normalized spacial score (nSPS) is 22.6. The van der Waals surface area contributed by atoms with Gasteiger partial charge in [-0.15, -0.1) is 0 Å². The maximum Gasteiger partial charge on any atom is 0.387 e. The molecular weight excluding hydrogens is 266 g/mol. The summed E-state index contributed by atoms with van der Waals surface area (Å²) < 4.78 is 29.0. The number of nitrogens with two attached hydrogens (primary N) is 1. The number of para-hydroxylation sites is 2. The lowest BCUT2D eigenvalue weighted by molar-refractivity contribution is -0.121. The Labute approximate surface area is 116 Å². The lowest BCUT2D eigenvalue weighted by atomic mass is 9.85. The first-order valence-electron chi connectivity index (χ1n) is 6.66. The summed E-state index contributed by atoms with van der Waals surface area (Å²) in [6.45, 7) is -2.92. The number of hydrogen-bond donors (Lipinski definition) is 2. The summed E-state index contributed by atoms with van der Waals surface area (Å²) in [4.78, 5) is 12.1. The molecule has 4 nitrogen and oxygen atoms in total. The second kappa shape index (κ2) is 6.65. The number of ether oxygens (including phenoxy) is 1. The number of amides is 1. The summed E-state index contributed by atoms with van der Waals surface area (Å²) >= 11 is 0.